The molecule has 0 unspecified atom stereocenters. The molecule has 0 aromatic heterocycles. The molecule has 0 radical (unpaired) electrons. The number of nitrogens with one attached hydrogen (secondary N) is 1. The molecule has 0 fully saturated rings. The summed E-state index contributed by atoms with van der Waals surface area (Å²) in [7, 11) is 0. The van der Waals surface area contributed by atoms with Crippen molar-refractivity contribution in [2.75, 3.05) is 5.32 Å². The van der Waals surface area contributed by atoms with Gasteiger partial charge < -0.3 is 10.2 Å². The van der Waals surface area contributed by atoms with Crippen molar-refractivity contribution in [1.29, 1.82) is 0 Å². The summed E-state index contributed by atoms with van der Waals surface area (Å²) < 4.78 is 0. The van der Waals surface area contributed by atoms with Crippen LogP contribution < -0.4 is 5.32 Å². The van der Waals surface area contributed by atoms with Gasteiger partial charge in [0.15, 0.2) is 0 Å². The van der Waals surface area contributed by atoms with Crippen LogP contribution in [-0.4, -0.2) is 22.8 Å². The summed E-state index contributed by atoms with van der Waals surface area (Å²) in [6, 6.07) is 15.9. The molecule has 4 nitrogen and oxygen atoms in total. The van der Waals surface area contributed by atoms with E-state index < -0.39 is 0 Å². The Morgan fingerprint density at radius 2 is 1.52 bits per heavy atom. The zero-order chi connectivity index (χ0) is 19.8. The quantitative estimate of drug-likeness (QED) is 0.695. The average molecular weight is 367 g/mol. The Hall–Kier alpha value is -2.62. The topological polar surface area (TPSA) is 49.4 Å². The van der Waals surface area contributed by atoms with Crippen molar-refractivity contribution in [3.8, 4) is 0 Å². The number of nitrogens with zero attached hydrogens (tertiary/aromatic N) is 1. The largest absolute Gasteiger partial charge is 0.336 e. The second-order valence-electron chi connectivity index (χ2n) is 6.98. The zero-order valence-corrected chi connectivity index (χ0v) is 16.8. The van der Waals surface area contributed by atoms with Crippen molar-refractivity contribution in [2.45, 2.75) is 59.5 Å². The molecule has 0 aliphatic carbocycles. The fourth-order valence-corrected chi connectivity index (χ4v) is 3.16. The SMILES string of the molecule is CCc1cccc(CC)c1NC(=O)CC(=O)N(Cc1ccccc1)C(C)C. The lowest BCUT2D eigenvalue weighted by atomic mass is 10.0. The molecule has 0 saturated carbocycles. The number of rotatable bonds is 8. The van der Waals surface area contributed by atoms with Gasteiger partial charge in [-0.2, -0.15) is 0 Å². The number of anilines is 1. The Bertz CT molecular complexity index is 747. The maximum atomic E-state index is 12.8. The lowest BCUT2D eigenvalue weighted by Gasteiger charge is -2.27. The molecule has 0 bridgehead atoms. The van der Waals surface area contributed by atoms with E-state index >= 15 is 0 Å². The van der Waals surface area contributed by atoms with Crippen LogP contribution in [0, 0.1) is 0 Å². The number of carbonyl (C=O) groups is 2. The van der Waals surface area contributed by atoms with Gasteiger partial charge in [-0.3, -0.25) is 9.59 Å². The first-order valence-electron chi connectivity index (χ1n) is 9.70. The molecule has 0 aliphatic heterocycles. The molecule has 2 aromatic rings. The summed E-state index contributed by atoms with van der Waals surface area (Å²) in [6.07, 6.45) is 1.53. The highest BCUT2D eigenvalue weighted by molar-refractivity contribution is 6.04. The minimum atomic E-state index is -0.255. The molecular weight excluding hydrogens is 336 g/mol. The van der Waals surface area contributed by atoms with Crippen LogP contribution in [0.5, 0.6) is 0 Å². The molecule has 0 aliphatic rings. The number of aryl methyl sites for hydroxylation is 2. The summed E-state index contributed by atoms with van der Waals surface area (Å²) in [6.45, 7) is 8.59. The van der Waals surface area contributed by atoms with Gasteiger partial charge in [-0.1, -0.05) is 62.4 Å². The van der Waals surface area contributed by atoms with Gasteiger partial charge in [0, 0.05) is 18.3 Å². The van der Waals surface area contributed by atoms with Crippen LogP contribution in [0.15, 0.2) is 48.5 Å². The first kappa shape index (κ1) is 20.7. The predicted octanol–water partition coefficient (Wildman–Crippen LogP) is 4.58. The van der Waals surface area contributed by atoms with Crippen LogP contribution in [0.3, 0.4) is 0 Å². The van der Waals surface area contributed by atoms with Crippen LogP contribution in [0.1, 0.15) is 50.8 Å². The minimum absolute atomic E-state index is 0.0274. The van der Waals surface area contributed by atoms with E-state index in [4.69, 9.17) is 0 Å². The van der Waals surface area contributed by atoms with Gasteiger partial charge in [0.1, 0.15) is 6.42 Å². The Morgan fingerprint density at radius 3 is 2.04 bits per heavy atom. The van der Waals surface area contributed by atoms with Gasteiger partial charge in [0.2, 0.25) is 11.8 Å². The second kappa shape index (κ2) is 9.91. The molecule has 1 N–H and O–H groups in total. The average Bonchev–Trinajstić information content (AvgIpc) is 2.66. The van der Waals surface area contributed by atoms with Gasteiger partial charge in [-0.05, 0) is 43.4 Å². The van der Waals surface area contributed by atoms with Crippen molar-refractivity contribution in [2.24, 2.45) is 0 Å². The summed E-state index contributed by atoms with van der Waals surface area (Å²) in [5, 5.41) is 2.98. The van der Waals surface area contributed by atoms with E-state index in [0.29, 0.717) is 6.54 Å². The number of hydrogen-bond donors (Lipinski definition) is 1. The molecule has 27 heavy (non-hydrogen) atoms. The van der Waals surface area contributed by atoms with Crippen LogP contribution in [0.25, 0.3) is 0 Å². The van der Waals surface area contributed by atoms with Crippen molar-refractivity contribution >= 4 is 17.5 Å². The summed E-state index contributed by atoms with van der Waals surface area (Å²) in [5.41, 5.74) is 4.12. The van der Waals surface area contributed by atoms with Gasteiger partial charge in [-0.25, -0.2) is 0 Å². The Labute approximate surface area is 162 Å². The van der Waals surface area contributed by atoms with E-state index in [2.05, 4.69) is 19.2 Å². The Balaban J connectivity index is 2.08. The number of benzene rings is 2. The molecule has 2 amide bonds. The van der Waals surface area contributed by atoms with Crippen LogP contribution in [-0.2, 0) is 29.0 Å². The molecule has 0 saturated heterocycles. The third-order valence-electron chi connectivity index (χ3n) is 4.71. The van der Waals surface area contributed by atoms with Crippen molar-refractivity contribution in [3.63, 3.8) is 0 Å². The van der Waals surface area contributed by atoms with Crippen LogP contribution in [0.2, 0.25) is 0 Å². The maximum Gasteiger partial charge on any atom is 0.233 e. The van der Waals surface area contributed by atoms with E-state index in [1.165, 1.54) is 0 Å². The predicted molar refractivity (Wildman–Crippen MR) is 111 cm³/mol. The number of hydrogen-bond acceptors (Lipinski definition) is 2. The van der Waals surface area contributed by atoms with Crippen molar-refractivity contribution in [1.82, 2.24) is 4.90 Å². The van der Waals surface area contributed by atoms with Crippen molar-refractivity contribution < 1.29 is 9.59 Å². The number of carbonyl (C=O) groups excluding carboxylic acids is 2. The summed E-state index contributed by atoms with van der Waals surface area (Å²) in [4.78, 5) is 27.1. The van der Waals surface area contributed by atoms with Gasteiger partial charge in [0.05, 0.1) is 0 Å². The Kier molecular flexibility index (Phi) is 7.59. The minimum Gasteiger partial charge on any atom is -0.336 e. The highest BCUT2D eigenvalue weighted by Crippen LogP contribution is 2.23. The number of amides is 2. The first-order valence-corrected chi connectivity index (χ1v) is 9.70. The van der Waals surface area contributed by atoms with Crippen LogP contribution >= 0.6 is 0 Å². The molecule has 0 atom stereocenters. The van der Waals surface area contributed by atoms with Gasteiger partial charge >= 0.3 is 0 Å². The summed E-state index contributed by atoms with van der Waals surface area (Å²) >= 11 is 0. The molecular formula is C23H30N2O2. The van der Waals surface area contributed by atoms with E-state index in [1.807, 2.05) is 62.4 Å². The molecule has 2 rings (SSSR count). The Morgan fingerprint density at radius 1 is 0.926 bits per heavy atom. The third-order valence-corrected chi connectivity index (χ3v) is 4.71. The van der Waals surface area contributed by atoms with E-state index in [1.54, 1.807) is 4.90 Å². The van der Waals surface area contributed by atoms with E-state index in [0.717, 1.165) is 35.2 Å². The first-order chi connectivity index (χ1) is 13.0. The van der Waals surface area contributed by atoms with Crippen LogP contribution in [0.4, 0.5) is 5.69 Å². The fourth-order valence-electron chi connectivity index (χ4n) is 3.16. The second-order valence-corrected chi connectivity index (χ2v) is 6.98. The lowest BCUT2D eigenvalue weighted by molar-refractivity contribution is -0.136. The molecule has 0 spiro atoms. The number of para-hydroxylation sites is 1. The third kappa shape index (κ3) is 5.68. The van der Waals surface area contributed by atoms with Crippen molar-refractivity contribution in [3.05, 3.63) is 65.2 Å². The monoisotopic (exact) mass is 366 g/mol. The van der Waals surface area contributed by atoms with E-state index in [-0.39, 0.29) is 24.3 Å². The van der Waals surface area contributed by atoms with E-state index in [9.17, 15) is 9.59 Å². The van der Waals surface area contributed by atoms with Gasteiger partial charge in [-0.15, -0.1) is 0 Å². The highest BCUT2D eigenvalue weighted by Gasteiger charge is 2.21. The normalized spacial score (nSPS) is 10.7. The lowest BCUT2D eigenvalue weighted by Crippen LogP contribution is -2.38. The molecule has 2 aromatic carbocycles. The zero-order valence-electron chi connectivity index (χ0n) is 16.8. The smallest absolute Gasteiger partial charge is 0.233 e. The standard InChI is InChI=1S/C23H30N2O2/c1-5-19-13-10-14-20(6-2)23(19)24-21(26)15-22(27)25(17(3)4)16-18-11-8-7-9-12-18/h7-14,17H,5-6,15-16H2,1-4H3,(H,24,26). The highest BCUT2D eigenvalue weighted by atomic mass is 16.2. The maximum absolute atomic E-state index is 12.8. The fraction of sp³-hybridized carbons (Fsp3) is 0.391. The van der Waals surface area contributed by atoms with Gasteiger partial charge in [0.25, 0.3) is 0 Å². The molecule has 144 valence electrons. The molecule has 4 heteroatoms. The summed E-state index contributed by atoms with van der Waals surface area (Å²) in [5.74, 6) is -0.410. The molecule has 0 heterocycles.